The molecule has 0 aliphatic rings. The van der Waals surface area contributed by atoms with Gasteiger partial charge in [-0.25, -0.2) is 9.59 Å². The summed E-state index contributed by atoms with van der Waals surface area (Å²) in [7, 11) is -5.80. The number of rotatable bonds is 16. The molecule has 4 N–H and O–H groups in total. The van der Waals surface area contributed by atoms with Crippen LogP contribution in [0.3, 0.4) is 0 Å². The normalized spacial score (nSPS) is 13.1. The fourth-order valence-electron chi connectivity index (χ4n) is 4.45. The van der Waals surface area contributed by atoms with E-state index in [1.165, 1.54) is 6.42 Å². The van der Waals surface area contributed by atoms with Gasteiger partial charge in [-0.1, -0.05) is 39.2 Å². The number of amides is 4. The monoisotopic (exact) mass is 582 g/mol. The fourth-order valence-corrected chi connectivity index (χ4v) is 17.0. The molecule has 0 spiro atoms. The highest BCUT2D eigenvalue weighted by molar-refractivity contribution is 6.87. The first-order valence-electron chi connectivity index (χ1n) is 14.2. The maximum Gasteiger partial charge on any atom is 0.319 e. The first kappa shape index (κ1) is 34.4. The molecule has 0 saturated carbocycles. The van der Waals surface area contributed by atoms with Crippen LogP contribution in [0.15, 0.2) is 18.2 Å². The molecule has 1 rings (SSSR count). The lowest BCUT2D eigenvalue weighted by atomic mass is 9.99. The van der Waals surface area contributed by atoms with Gasteiger partial charge in [-0.05, 0) is 95.3 Å². The number of anilines is 2. The number of urea groups is 2. The van der Waals surface area contributed by atoms with Crippen molar-refractivity contribution in [2.24, 2.45) is 5.92 Å². The molecular weight excluding hydrogens is 529 g/mol. The Morgan fingerprint density at radius 3 is 1.84 bits per heavy atom. The molecule has 8 nitrogen and oxygen atoms in total. The van der Waals surface area contributed by atoms with Crippen molar-refractivity contribution < 1.29 is 17.8 Å². The Morgan fingerprint density at radius 1 is 0.842 bits per heavy atom. The van der Waals surface area contributed by atoms with Crippen LogP contribution in [0, 0.1) is 12.8 Å². The van der Waals surface area contributed by atoms with E-state index < -0.39 is 25.2 Å². The fraction of sp³-hybridized carbons (Fsp3) is 0.704. The van der Waals surface area contributed by atoms with Gasteiger partial charge in [0.2, 0.25) is 0 Å². The second kappa shape index (κ2) is 15.8. The Kier molecular flexibility index (Phi) is 14.3. The van der Waals surface area contributed by atoms with Crippen molar-refractivity contribution in [3.05, 3.63) is 23.8 Å². The molecule has 0 heterocycles. The largest absolute Gasteiger partial charge is 0.437 e. The number of unbranched alkanes of at least 4 members (excludes halogenated alkanes) is 1. The highest BCUT2D eigenvalue weighted by Crippen LogP contribution is 2.26. The topological polar surface area (TPSA) is 101 Å². The highest BCUT2D eigenvalue weighted by Gasteiger charge is 2.39. The molecule has 0 aliphatic heterocycles. The van der Waals surface area contributed by atoms with Gasteiger partial charge in [0.25, 0.3) is 0 Å². The summed E-state index contributed by atoms with van der Waals surface area (Å²) in [4.78, 5) is 25.1. The Hall–Kier alpha value is -1.67. The van der Waals surface area contributed by atoms with Crippen LogP contribution in [0.2, 0.25) is 51.9 Å². The van der Waals surface area contributed by atoms with Crippen molar-refractivity contribution in [2.45, 2.75) is 105 Å². The molecule has 0 saturated heterocycles. The Labute approximate surface area is 234 Å². The second-order valence-electron chi connectivity index (χ2n) is 12.3. The molecule has 4 amide bonds. The minimum atomic E-state index is -2.32. The minimum Gasteiger partial charge on any atom is -0.437 e. The predicted octanol–water partition coefficient (Wildman–Crippen LogP) is 7.62. The summed E-state index contributed by atoms with van der Waals surface area (Å²) in [6, 6.07) is 5.85. The summed E-state index contributed by atoms with van der Waals surface area (Å²) in [5.41, 5.74) is 2.15. The summed E-state index contributed by atoms with van der Waals surface area (Å²) in [6.07, 6.45) is 5.31. The van der Waals surface area contributed by atoms with Crippen molar-refractivity contribution in [3.63, 3.8) is 0 Å². The van der Waals surface area contributed by atoms with Crippen LogP contribution in [0.5, 0.6) is 0 Å². The molecule has 1 aromatic rings. The lowest BCUT2D eigenvalue weighted by Crippen LogP contribution is -2.52. The molecule has 1 unspecified atom stereocenters. The van der Waals surface area contributed by atoms with Crippen LogP contribution in [-0.2, 0) is 8.23 Å². The summed E-state index contributed by atoms with van der Waals surface area (Å²) >= 11 is 0. The first-order chi connectivity index (χ1) is 17.6. The van der Waals surface area contributed by atoms with E-state index in [1.54, 1.807) is 0 Å². The molecule has 0 aromatic heterocycles. The van der Waals surface area contributed by atoms with Crippen LogP contribution in [0.1, 0.15) is 51.5 Å². The van der Waals surface area contributed by atoms with Gasteiger partial charge in [0.05, 0.1) is 0 Å². The van der Waals surface area contributed by atoms with E-state index in [1.807, 2.05) is 25.1 Å². The Bertz CT molecular complexity index is 872. The zero-order valence-electron chi connectivity index (χ0n) is 25.6. The lowest BCUT2D eigenvalue weighted by Gasteiger charge is -2.38. The number of benzene rings is 1. The van der Waals surface area contributed by atoms with E-state index in [9.17, 15) is 9.59 Å². The summed E-state index contributed by atoms with van der Waals surface area (Å²) in [5, 5.41) is 11.8. The van der Waals surface area contributed by atoms with Gasteiger partial charge in [0, 0.05) is 24.5 Å². The number of carbonyl (C=O) groups is 2. The Morgan fingerprint density at radius 2 is 1.37 bits per heavy atom. The van der Waals surface area contributed by atoms with E-state index in [-0.39, 0.29) is 12.1 Å². The van der Waals surface area contributed by atoms with Crippen molar-refractivity contribution in [2.75, 3.05) is 23.7 Å². The van der Waals surface area contributed by atoms with Crippen molar-refractivity contribution in [3.8, 4) is 0 Å². The van der Waals surface area contributed by atoms with Crippen LogP contribution < -0.4 is 21.3 Å². The van der Waals surface area contributed by atoms with Crippen LogP contribution in [0.4, 0.5) is 21.0 Å². The van der Waals surface area contributed by atoms with Gasteiger partial charge in [-0.15, -0.1) is 0 Å². The third kappa shape index (κ3) is 14.5. The third-order valence-corrected chi connectivity index (χ3v) is 15.7. The lowest BCUT2D eigenvalue weighted by molar-refractivity contribution is 0.249. The van der Waals surface area contributed by atoms with Gasteiger partial charge in [-0.2, -0.15) is 0 Å². The first-order valence-corrected chi connectivity index (χ1v) is 23.5. The summed E-state index contributed by atoms with van der Waals surface area (Å²) in [6.45, 7) is 22.8. The van der Waals surface area contributed by atoms with E-state index in [0.717, 1.165) is 37.3 Å². The van der Waals surface area contributed by atoms with Crippen molar-refractivity contribution in [1.82, 2.24) is 10.6 Å². The molecule has 218 valence electrons. The standard InChI is InChI=1S/C27H54N4O4Si3/c1-11-13-16-23(12-2)21-29-27(33)31-25-18-14-17-24(22(25)3)30-26(32)28-19-15-20-38(10,34-36(4,5)6)35-37(7,8)9/h14,17-18,23H,11-13,15-16,19-21H2,1-10H3,(H2,28,30,32)(H2,29,31,33). The van der Waals surface area contributed by atoms with Crippen LogP contribution >= 0.6 is 0 Å². The molecule has 11 heteroatoms. The molecule has 1 atom stereocenters. The van der Waals surface area contributed by atoms with E-state index >= 15 is 0 Å². The minimum absolute atomic E-state index is 0.224. The SMILES string of the molecule is CCCCC(CC)CNC(=O)Nc1cccc(NC(=O)NCCC[Si](C)(O[Si](C)(C)C)O[Si](C)(C)C)c1C. The zero-order chi connectivity index (χ0) is 29.0. The van der Waals surface area contributed by atoms with E-state index in [0.29, 0.717) is 30.4 Å². The molecule has 0 aliphatic carbocycles. The smallest absolute Gasteiger partial charge is 0.319 e. The van der Waals surface area contributed by atoms with E-state index in [4.69, 9.17) is 8.23 Å². The van der Waals surface area contributed by atoms with Gasteiger partial charge >= 0.3 is 20.6 Å². The molecule has 1 aromatic carbocycles. The maximum absolute atomic E-state index is 12.6. The van der Waals surface area contributed by atoms with Gasteiger partial charge in [0.15, 0.2) is 16.6 Å². The number of nitrogens with one attached hydrogen (secondary N) is 4. The van der Waals surface area contributed by atoms with Crippen molar-refractivity contribution >= 4 is 48.6 Å². The predicted molar refractivity (Wildman–Crippen MR) is 168 cm³/mol. The van der Waals surface area contributed by atoms with Gasteiger partial charge in [0.1, 0.15) is 0 Å². The highest BCUT2D eigenvalue weighted by atomic mass is 28.5. The average molecular weight is 583 g/mol. The van der Waals surface area contributed by atoms with Crippen molar-refractivity contribution in [1.29, 1.82) is 0 Å². The van der Waals surface area contributed by atoms with Gasteiger partial charge < -0.3 is 29.5 Å². The second-order valence-corrected chi connectivity index (χ2v) is 25.1. The quantitative estimate of drug-likeness (QED) is 0.119. The number of carbonyl (C=O) groups excluding carboxylic acids is 2. The van der Waals surface area contributed by atoms with Gasteiger partial charge in [-0.3, -0.25) is 0 Å². The molecule has 0 radical (unpaired) electrons. The summed E-state index contributed by atoms with van der Waals surface area (Å²) < 4.78 is 13.1. The van der Waals surface area contributed by atoms with Crippen LogP contribution in [-0.4, -0.2) is 50.3 Å². The third-order valence-electron chi connectivity index (χ3n) is 6.06. The maximum atomic E-state index is 12.6. The molecule has 0 bridgehead atoms. The summed E-state index contributed by atoms with van der Waals surface area (Å²) in [5.74, 6) is 0.489. The van der Waals surface area contributed by atoms with E-state index in [2.05, 4.69) is 80.9 Å². The average Bonchev–Trinajstić information content (AvgIpc) is 2.77. The zero-order valence-corrected chi connectivity index (χ0v) is 28.6. The molecular formula is C27H54N4O4Si3. The number of hydrogen-bond acceptors (Lipinski definition) is 4. The molecule has 38 heavy (non-hydrogen) atoms. The number of hydrogen-bond donors (Lipinski definition) is 4. The molecule has 0 fully saturated rings. The Balaban J connectivity index is 2.62. The van der Waals surface area contributed by atoms with Crippen LogP contribution in [0.25, 0.3) is 0 Å².